The van der Waals surface area contributed by atoms with Crippen molar-refractivity contribution >= 4 is 70.8 Å². The molecule has 23 heteroatoms. The first-order valence-electron chi connectivity index (χ1n) is 22.9. The molecule has 0 spiro atoms. The minimum Gasteiger partial charge on any atom is -0.617 e. The number of aliphatic carboxylic acids is 2. The van der Waals surface area contributed by atoms with E-state index in [0.717, 1.165) is 10.5 Å². The average Bonchev–Trinajstić information content (AvgIpc) is 3.73. The molecule has 0 aliphatic carbocycles. The van der Waals surface area contributed by atoms with Crippen LogP contribution >= 0.6 is 11.8 Å². The summed E-state index contributed by atoms with van der Waals surface area (Å²) in [5.74, 6) is -4.73. The Hall–Kier alpha value is -3.84. The first-order chi connectivity index (χ1) is 31.8. The number of nitrogens with one attached hydrogen (secondary N) is 4. The van der Waals surface area contributed by atoms with Crippen molar-refractivity contribution in [2.45, 2.75) is 78.1 Å². The topological polar surface area (TPSA) is 268 Å². The van der Waals surface area contributed by atoms with Crippen LogP contribution in [0.25, 0.3) is 0 Å². The van der Waals surface area contributed by atoms with Gasteiger partial charge in [0.1, 0.15) is 0 Å². The first-order valence-corrected chi connectivity index (χ1v) is 24.0. The number of carbonyl (C=O) groups is 9. The van der Waals surface area contributed by atoms with Crippen LogP contribution in [0.4, 0.5) is 10.5 Å². The SMILES string of the molecule is CC[C@H](C)[C@H](CC(=O)[C@H](CCSC(C)C)NC(=O)Nc1ccc(CNC(=O)CN2CCN(CC(=O)O)CCN(CC(=O)O)CCN3CC(=O)O[C-]3C2)cc1)C(=O)NCCN1C(=O)CC(C)C1=O.[Gd]. The summed E-state index contributed by atoms with van der Waals surface area (Å²) >= 11 is 1.64. The fraction of sp³-hybridized carbons (Fsp3) is 0.644. The number of anilines is 1. The Kier molecular flexibility index (Phi) is 25.3. The summed E-state index contributed by atoms with van der Waals surface area (Å²) in [6.07, 6.45) is 1.32. The van der Waals surface area contributed by atoms with Gasteiger partial charge in [-0.05, 0) is 47.6 Å². The molecule has 1 aromatic carbocycles. The standard InChI is InChI=1S/C45H68N9O12S.Gd/c1-6-30(4)34(43(63)46-12-13-54-38(57)21-31(5)44(54)64)22-36(55)35(11-20-67-29(2)3)49-45(65)48-33-9-7-32(8-10-33)23-47-37(56)24-52-17-16-50(26-40(58)59)14-15-51(27-41(60)61)18-19-53-28-42(62)66-39(53)25-52;/h7-10,29-31,34-35H,6,11-28H2,1-5H3,(H,46,63)(H,47,56)(H,58,59)(H,60,61)(H2,48,49,65);/q-1;/t30-,31?,34-,35-;/m0./s1. The number of benzene rings is 1. The number of imide groups is 1. The number of esters is 1. The number of rotatable bonds is 23. The zero-order chi connectivity index (χ0) is 49.2. The van der Waals surface area contributed by atoms with E-state index in [9.17, 15) is 53.4 Å². The van der Waals surface area contributed by atoms with Crippen molar-refractivity contribution in [3.63, 3.8) is 0 Å². The fourth-order valence-corrected chi connectivity index (χ4v) is 8.73. The summed E-state index contributed by atoms with van der Waals surface area (Å²) in [4.78, 5) is 122. The van der Waals surface area contributed by atoms with Gasteiger partial charge in [-0.2, -0.15) is 11.8 Å². The van der Waals surface area contributed by atoms with E-state index in [4.69, 9.17) is 4.74 Å². The van der Waals surface area contributed by atoms with E-state index >= 15 is 0 Å². The molecule has 3 fully saturated rings. The van der Waals surface area contributed by atoms with E-state index in [1.54, 1.807) is 62.6 Å². The summed E-state index contributed by atoms with van der Waals surface area (Å²) in [6, 6.07) is 5.28. The number of hydrogen-bond donors (Lipinski definition) is 6. The Morgan fingerprint density at radius 2 is 1.49 bits per heavy atom. The molecule has 6 amide bonds. The van der Waals surface area contributed by atoms with Gasteiger partial charge in [0.25, 0.3) is 5.97 Å². The molecule has 3 heterocycles. The number of carbonyl (C=O) groups excluding carboxylic acids is 7. The maximum absolute atomic E-state index is 13.9. The van der Waals surface area contributed by atoms with Gasteiger partial charge in [0.15, 0.2) is 5.78 Å². The quantitative estimate of drug-likeness (QED) is 0.0505. The third kappa shape index (κ3) is 19.9. The number of likely N-dealkylation sites (tertiary alicyclic amines) is 1. The molecule has 4 atom stereocenters. The number of ether oxygens (including phenoxy) is 1. The van der Waals surface area contributed by atoms with Gasteiger partial charge in [0.05, 0.1) is 32.2 Å². The van der Waals surface area contributed by atoms with Gasteiger partial charge in [-0.15, -0.1) is 0 Å². The van der Waals surface area contributed by atoms with Crippen LogP contribution < -0.4 is 21.3 Å². The molecule has 0 aromatic heterocycles. The van der Waals surface area contributed by atoms with Crippen LogP contribution in [0.5, 0.6) is 0 Å². The first kappa shape index (κ1) is 58.5. The zero-order valence-corrected chi connectivity index (χ0v) is 42.7. The second-order valence-corrected chi connectivity index (χ2v) is 19.3. The third-order valence-electron chi connectivity index (χ3n) is 11.9. The molecule has 68 heavy (non-hydrogen) atoms. The monoisotopic (exact) mass is 1120 g/mol. The van der Waals surface area contributed by atoms with Gasteiger partial charge in [0.2, 0.25) is 23.6 Å². The third-order valence-corrected chi connectivity index (χ3v) is 13.1. The number of urea groups is 1. The molecule has 0 saturated carbocycles. The van der Waals surface area contributed by atoms with Crippen molar-refractivity contribution in [2.24, 2.45) is 17.8 Å². The van der Waals surface area contributed by atoms with Crippen LogP contribution in [0.1, 0.15) is 65.9 Å². The summed E-state index contributed by atoms with van der Waals surface area (Å²) < 4.78 is 5.49. The Bertz CT molecular complexity index is 1910. The number of nitrogens with zero attached hydrogens (tertiary/aromatic N) is 5. The van der Waals surface area contributed by atoms with Crippen molar-refractivity contribution in [2.75, 3.05) is 96.2 Å². The molecule has 1 unspecified atom stereocenters. The molecule has 21 nitrogen and oxygen atoms in total. The molecule has 3 aliphatic heterocycles. The molecule has 4 rings (SSSR count). The Morgan fingerprint density at radius 3 is 2.06 bits per heavy atom. The minimum absolute atomic E-state index is 0. The number of Topliss-reactive ketones (excluding diaryl/α,β-unsaturated/α-hetero) is 1. The van der Waals surface area contributed by atoms with E-state index in [0.29, 0.717) is 48.8 Å². The van der Waals surface area contributed by atoms with E-state index in [1.165, 1.54) is 0 Å². The van der Waals surface area contributed by atoms with Gasteiger partial charge >= 0.3 is 18.0 Å². The van der Waals surface area contributed by atoms with E-state index in [2.05, 4.69) is 21.3 Å². The number of thioether (sulfide) groups is 1. The Labute approximate surface area is 434 Å². The second kappa shape index (κ2) is 29.4. The smallest absolute Gasteiger partial charge is 0.319 e. The molecule has 3 aliphatic rings. The molecule has 0 bridgehead atoms. The molecule has 6 N–H and O–H groups in total. The molecular weight excluding hydrogens is 1050 g/mol. The molecule has 1 aromatic rings. The van der Waals surface area contributed by atoms with Crippen LogP contribution in [0.3, 0.4) is 0 Å². The fourth-order valence-electron chi connectivity index (χ4n) is 7.89. The van der Waals surface area contributed by atoms with Crippen LogP contribution in [0.2, 0.25) is 0 Å². The van der Waals surface area contributed by atoms with E-state index in [1.807, 2.05) is 27.7 Å². The van der Waals surface area contributed by atoms with Crippen LogP contribution in [0.15, 0.2) is 24.3 Å². The predicted molar refractivity (Wildman–Crippen MR) is 248 cm³/mol. The van der Waals surface area contributed by atoms with Gasteiger partial charge < -0.3 is 46.0 Å². The second-order valence-electron chi connectivity index (χ2n) is 17.6. The number of hydrogen-bond acceptors (Lipinski definition) is 15. The maximum Gasteiger partial charge on any atom is 0.319 e. The molecular formula is C45H68GdN9O12S-. The van der Waals surface area contributed by atoms with Gasteiger partial charge in [-0.3, -0.25) is 53.1 Å². The van der Waals surface area contributed by atoms with Crippen molar-refractivity contribution in [1.82, 2.24) is 40.4 Å². The number of amides is 6. The Balaban J connectivity index is 0.0000122. The number of fused-ring (bicyclic) bond motifs is 1. The molecule has 380 valence electrons. The van der Waals surface area contributed by atoms with E-state index < -0.39 is 35.9 Å². The predicted octanol–water partition coefficient (Wildman–Crippen LogP) is 0.894. The van der Waals surface area contributed by atoms with Crippen molar-refractivity contribution in [1.29, 1.82) is 0 Å². The molecule has 3 saturated heterocycles. The summed E-state index contributed by atoms with van der Waals surface area (Å²) in [5, 5.41) is 30.5. The minimum atomic E-state index is -1.05. The van der Waals surface area contributed by atoms with Crippen LogP contribution in [-0.4, -0.2) is 190 Å². The van der Waals surface area contributed by atoms with E-state index in [-0.39, 0.29) is 173 Å². The van der Waals surface area contributed by atoms with Gasteiger partial charge in [0, 0.05) is 123 Å². The largest absolute Gasteiger partial charge is 0.617 e. The normalized spacial score (nSPS) is 19.4. The van der Waals surface area contributed by atoms with Gasteiger partial charge in [-0.25, -0.2) is 4.79 Å². The maximum atomic E-state index is 13.9. The van der Waals surface area contributed by atoms with Crippen LogP contribution in [0, 0.1) is 63.9 Å². The summed E-state index contributed by atoms with van der Waals surface area (Å²) in [7, 11) is 0. The molecule has 0 radical (unpaired) electrons. The van der Waals surface area contributed by atoms with Crippen molar-refractivity contribution in [3.8, 4) is 0 Å². The van der Waals surface area contributed by atoms with Gasteiger partial charge in [-0.1, -0.05) is 65.9 Å². The Morgan fingerprint density at radius 1 is 0.868 bits per heavy atom. The summed E-state index contributed by atoms with van der Waals surface area (Å²) in [6.45, 7) is 10.9. The number of ketones is 1. The zero-order valence-electron chi connectivity index (χ0n) is 39.6. The average molecular weight is 1120 g/mol. The van der Waals surface area contributed by atoms with Crippen molar-refractivity contribution < 1.29 is 98.0 Å². The van der Waals surface area contributed by atoms with Crippen molar-refractivity contribution in [3.05, 3.63) is 36.1 Å². The number of carboxylic acid groups (broad SMARTS) is 2. The summed E-state index contributed by atoms with van der Waals surface area (Å²) in [5.41, 5.74) is 1.15. The number of carboxylic acids is 2. The van der Waals surface area contributed by atoms with Crippen LogP contribution in [-0.2, 0) is 49.6 Å².